The SMILES string of the molecule is CC(C)(C)c1ccc(-c2ccc3c(cnn3C3CCCCO3)c2OS(=O)(=O)C(F)(F)F)nc1. The molecule has 0 aliphatic carbocycles. The van der Waals surface area contributed by atoms with E-state index in [2.05, 4.69) is 14.3 Å². The molecule has 1 aromatic carbocycles. The minimum atomic E-state index is -5.92. The third-order valence-corrected chi connectivity index (χ3v) is 6.49. The van der Waals surface area contributed by atoms with Crippen LogP contribution in [0.2, 0.25) is 0 Å². The fraction of sp³-hybridized carbons (Fsp3) is 0.455. The summed E-state index contributed by atoms with van der Waals surface area (Å²) in [6, 6.07) is 6.57. The summed E-state index contributed by atoms with van der Waals surface area (Å²) in [6.45, 7) is 6.55. The molecule has 0 spiro atoms. The van der Waals surface area contributed by atoms with Crippen LogP contribution in [0.25, 0.3) is 22.2 Å². The van der Waals surface area contributed by atoms with Gasteiger partial charge in [0.25, 0.3) is 0 Å². The van der Waals surface area contributed by atoms with E-state index in [0.29, 0.717) is 18.5 Å². The molecule has 3 heterocycles. The summed E-state index contributed by atoms with van der Waals surface area (Å²) in [5.41, 5.74) is -4.06. The smallest absolute Gasteiger partial charge is 0.375 e. The number of ether oxygens (including phenoxy) is 1. The van der Waals surface area contributed by atoms with Crippen molar-refractivity contribution in [2.75, 3.05) is 6.61 Å². The van der Waals surface area contributed by atoms with E-state index in [1.807, 2.05) is 20.8 Å². The molecule has 33 heavy (non-hydrogen) atoms. The summed E-state index contributed by atoms with van der Waals surface area (Å²) in [5, 5.41) is 4.39. The number of aromatic nitrogens is 3. The molecule has 1 saturated heterocycles. The van der Waals surface area contributed by atoms with Gasteiger partial charge in [0.05, 0.1) is 22.8 Å². The van der Waals surface area contributed by atoms with Gasteiger partial charge in [-0.1, -0.05) is 26.8 Å². The highest BCUT2D eigenvalue weighted by Gasteiger charge is 2.49. The largest absolute Gasteiger partial charge is 0.534 e. The summed E-state index contributed by atoms with van der Waals surface area (Å²) >= 11 is 0. The van der Waals surface area contributed by atoms with Crippen LogP contribution in [0.1, 0.15) is 51.8 Å². The monoisotopic (exact) mass is 483 g/mol. The van der Waals surface area contributed by atoms with Crippen LogP contribution in [0.4, 0.5) is 13.2 Å². The van der Waals surface area contributed by atoms with Crippen molar-refractivity contribution in [2.45, 2.75) is 57.2 Å². The fourth-order valence-corrected chi connectivity index (χ4v) is 4.18. The van der Waals surface area contributed by atoms with E-state index in [1.54, 1.807) is 29.1 Å². The van der Waals surface area contributed by atoms with Crippen LogP contribution in [0.5, 0.6) is 5.75 Å². The zero-order chi connectivity index (χ0) is 24.0. The highest BCUT2D eigenvalue weighted by molar-refractivity contribution is 7.88. The maximum absolute atomic E-state index is 13.2. The first-order valence-electron chi connectivity index (χ1n) is 10.5. The number of halogens is 3. The average molecular weight is 484 g/mol. The average Bonchev–Trinajstić information content (AvgIpc) is 3.18. The molecule has 3 aromatic rings. The van der Waals surface area contributed by atoms with E-state index in [0.717, 1.165) is 18.4 Å². The Morgan fingerprint density at radius 3 is 2.42 bits per heavy atom. The molecule has 0 bridgehead atoms. The van der Waals surface area contributed by atoms with E-state index in [4.69, 9.17) is 4.74 Å². The molecule has 2 aromatic heterocycles. The molecule has 0 amide bonds. The molecule has 7 nitrogen and oxygen atoms in total. The predicted octanol–water partition coefficient (Wildman–Crippen LogP) is 5.32. The van der Waals surface area contributed by atoms with Gasteiger partial charge in [0.1, 0.15) is 0 Å². The third-order valence-electron chi connectivity index (χ3n) is 5.54. The lowest BCUT2D eigenvalue weighted by atomic mass is 9.88. The van der Waals surface area contributed by atoms with Gasteiger partial charge in [0.2, 0.25) is 0 Å². The molecule has 4 rings (SSSR count). The molecule has 0 N–H and O–H groups in total. The summed E-state index contributed by atoms with van der Waals surface area (Å²) in [4.78, 5) is 4.36. The fourth-order valence-electron chi connectivity index (χ4n) is 3.69. The third kappa shape index (κ3) is 4.56. The molecule has 11 heteroatoms. The van der Waals surface area contributed by atoms with Gasteiger partial charge in [-0.3, -0.25) is 4.98 Å². The normalized spacial score (nSPS) is 17.9. The molecule has 1 aliphatic heterocycles. The maximum Gasteiger partial charge on any atom is 0.534 e. The van der Waals surface area contributed by atoms with Crippen LogP contribution >= 0.6 is 0 Å². The van der Waals surface area contributed by atoms with Crippen molar-refractivity contribution >= 4 is 21.0 Å². The second kappa shape index (κ2) is 8.28. The molecule has 0 saturated carbocycles. The number of hydrogen-bond donors (Lipinski definition) is 0. The number of hydrogen-bond acceptors (Lipinski definition) is 6. The molecular formula is C22H24F3N3O4S. The zero-order valence-corrected chi connectivity index (χ0v) is 19.2. The van der Waals surface area contributed by atoms with E-state index < -0.39 is 27.6 Å². The lowest BCUT2D eigenvalue weighted by Crippen LogP contribution is -2.28. The van der Waals surface area contributed by atoms with Crippen LogP contribution in [0.15, 0.2) is 36.7 Å². The Labute approximate surface area is 189 Å². The van der Waals surface area contributed by atoms with Crippen LogP contribution < -0.4 is 4.18 Å². The quantitative estimate of drug-likeness (QED) is 0.369. The minimum absolute atomic E-state index is 0.111. The standard InChI is InChI=1S/C22H24F3N3O4S/c1-21(2,3)14-7-9-17(26-12-14)15-8-10-18-16(20(15)32-33(29,30)22(23,24)25)13-27-28(18)19-6-4-5-11-31-19/h7-10,12-13,19H,4-6,11H2,1-3H3. The highest BCUT2D eigenvalue weighted by Crippen LogP contribution is 2.40. The number of pyridine rings is 1. The topological polar surface area (TPSA) is 83.3 Å². The first-order valence-corrected chi connectivity index (χ1v) is 11.9. The second-order valence-corrected chi connectivity index (χ2v) is 10.5. The van der Waals surface area contributed by atoms with Gasteiger partial charge in [-0.25, -0.2) is 4.68 Å². The Balaban J connectivity index is 1.87. The number of alkyl halides is 3. The zero-order valence-electron chi connectivity index (χ0n) is 18.4. The van der Waals surface area contributed by atoms with Crippen molar-refractivity contribution < 1.29 is 30.5 Å². The number of fused-ring (bicyclic) bond motifs is 1. The van der Waals surface area contributed by atoms with Gasteiger partial charge in [0, 0.05) is 18.4 Å². The highest BCUT2D eigenvalue weighted by atomic mass is 32.2. The van der Waals surface area contributed by atoms with Gasteiger partial charge in [-0.05, 0) is 48.4 Å². The lowest BCUT2D eigenvalue weighted by molar-refractivity contribution is -0.0499. The molecule has 1 atom stereocenters. The Morgan fingerprint density at radius 2 is 1.85 bits per heavy atom. The molecule has 178 valence electrons. The predicted molar refractivity (Wildman–Crippen MR) is 116 cm³/mol. The number of benzene rings is 1. The van der Waals surface area contributed by atoms with Crippen molar-refractivity contribution in [3.63, 3.8) is 0 Å². The Morgan fingerprint density at radius 1 is 1.09 bits per heavy atom. The van der Waals surface area contributed by atoms with Crippen LogP contribution in [0, 0.1) is 0 Å². The molecule has 1 fully saturated rings. The summed E-state index contributed by atoms with van der Waals surface area (Å²) in [7, 11) is -5.92. The minimum Gasteiger partial charge on any atom is -0.375 e. The summed E-state index contributed by atoms with van der Waals surface area (Å²) < 4.78 is 75.3. The number of nitrogens with zero attached hydrogens (tertiary/aromatic N) is 3. The second-order valence-electron chi connectivity index (χ2n) is 8.95. The maximum atomic E-state index is 13.2. The van der Waals surface area contributed by atoms with Crippen LogP contribution in [-0.4, -0.2) is 35.3 Å². The van der Waals surface area contributed by atoms with Crippen molar-refractivity contribution in [1.82, 2.24) is 14.8 Å². The van der Waals surface area contributed by atoms with Gasteiger partial charge in [-0.2, -0.15) is 26.7 Å². The summed E-state index contributed by atoms with van der Waals surface area (Å²) in [6.07, 6.45) is 5.03. The first kappa shape index (κ1) is 23.5. The Bertz CT molecular complexity index is 1260. The van der Waals surface area contributed by atoms with Gasteiger partial charge >= 0.3 is 15.6 Å². The van der Waals surface area contributed by atoms with E-state index in [1.165, 1.54) is 12.3 Å². The van der Waals surface area contributed by atoms with Crippen molar-refractivity contribution in [3.05, 3.63) is 42.2 Å². The molecule has 0 radical (unpaired) electrons. The Hall–Kier alpha value is -2.66. The van der Waals surface area contributed by atoms with Crippen molar-refractivity contribution in [2.24, 2.45) is 0 Å². The number of rotatable bonds is 4. The van der Waals surface area contributed by atoms with Crippen LogP contribution in [-0.2, 0) is 20.3 Å². The van der Waals surface area contributed by atoms with E-state index in [-0.39, 0.29) is 22.1 Å². The van der Waals surface area contributed by atoms with E-state index in [9.17, 15) is 21.6 Å². The first-order chi connectivity index (χ1) is 15.4. The lowest BCUT2D eigenvalue weighted by Gasteiger charge is -2.23. The Kier molecular flexibility index (Phi) is 5.90. The van der Waals surface area contributed by atoms with Crippen molar-refractivity contribution in [3.8, 4) is 17.0 Å². The van der Waals surface area contributed by atoms with Crippen LogP contribution in [0.3, 0.4) is 0 Å². The van der Waals surface area contributed by atoms with Gasteiger partial charge < -0.3 is 8.92 Å². The van der Waals surface area contributed by atoms with Gasteiger partial charge in [-0.15, -0.1) is 0 Å². The van der Waals surface area contributed by atoms with Gasteiger partial charge in [0.15, 0.2) is 12.0 Å². The molecule has 1 unspecified atom stereocenters. The molecule has 1 aliphatic rings. The van der Waals surface area contributed by atoms with E-state index >= 15 is 0 Å². The summed E-state index contributed by atoms with van der Waals surface area (Å²) in [5.74, 6) is -0.470. The van der Waals surface area contributed by atoms with Crippen molar-refractivity contribution in [1.29, 1.82) is 0 Å². The molecular weight excluding hydrogens is 459 g/mol.